The molecule has 0 aliphatic carbocycles. The number of nitrogens with zero attached hydrogens (tertiary/aromatic N) is 2. The van der Waals surface area contributed by atoms with Gasteiger partial charge in [0.25, 0.3) is 0 Å². The van der Waals surface area contributed by atoms with Crippen molar-refractivity contribution in [2.24, 2.45) is 11.0 Å². The number of carbonyl (C=O) groups is 2. The number of sulfone groups is 1. The summed E-state index contributed by atoms with van der Waals surface area (Å²) in [7, 11) is -1.70. The largest absolute Gasteiger partial charge is 0.493 e. The molecular weight excluding hydrogens is 398 g/mol. The van der Waals surface area contributed by atoms with E-state index in [1.807, 2.05) is 0 Å². The number of hydrogen-bond acceptors (Lipinski definition) is 8. The molecule has 152 valence electrons. The number of methoxy groups -OCH3 is 1. The second-order valence-corrected chi connectivity index (χ2v) is 8.60. The van der Waals surface area contributed by atoms with E-state index in [0.717, 1.165) is 0 Å². The molecule has 1 saturated heterocycles. The third-order valence-corrected chi connectivity index (χ3v) is 6.07. The number of pyridine rings is 1. The second-order valence-electron chi connectivity index (χ2n) is 6.37. The van der Waals surface area contributed by atoms with E-state index in [9.17, 15) is 18.0 Å². The number of hydrogen-bond donors (Lipinski definition) is 1. The summed E-state index contributed by atoms with van der Waals surface area (Å²) < 4.78 is 33.5. The molecule has 1 aromatic heterocycles. The quantitative estimate of drug-likeness (QED) is 0.324. The van der Waals surface area contributed by atoms with Gasteiger partial charge < -0.3 is 9.47 Å². The van der Waals surface area contributed by atoms with Crippen LogP contribution in [0.5, 0.6) is 11.5 Å². The van der Waals surface area contributed by atoms with Crippen LogP contribution in [0.1, 0.15) is 22.3 Å². The van der Waals surface area contributed by atoms with Crippen molar-refractivity contribution < 1.29 is 27.5 Å². The maximum Gasteiger partial charge on any atom is 0.343 e. The minimum atomic E-state index is -3.14. The molecule has 0 radical (unpaired) electrons. The number of rotatable bonds is 6. The monoisotopic (exact) mass is 417 g/mol. The van der Waals surface area contributed by atoms with Gasteiger partial charge in [0, 0.05) is 12.4 Å². The zero-order valence-corrected chi connectivity index (χ0v) is 16.4. The standard InChI is InChI=1S/C19H19N3O6S/c1-27-17-10-13(11-21-22-18(23)15-6-9-29(25,26)12-15)2-3-16(17)28-19(24)14-4-7-20-8-5-14/h2-5,7-8,10-11,15H,6,9,12H2,1H3,(H,22,23)/b21-11-/t15-/m0/s1. The Hall–Kier alpha value is -3.27. The molecule has 0 bridgehead atoms. The van der Waals surface area contributed by atoms with E-state index in [1.165, 1.54) is 37.9 Å². The van der Waals surface area contributed by atoms with Gasteiger partial charge in [-0.05, 0) is 42.3 Å². The molecular formula is C19H19N3O6S. The highest BCUT2D eigenvalue weighted by molar-refractivity contribution is 7.91. The van der Waals surface area contributed by atoms with Crippen molar-refractivity contribution in [2.45, 2.75) is 6.42 Å². The highest BCUT2D eigenvalue weighted by atomic mass is 32.2. The van der Waals surface area contributed by atoms with Gasteiger partial charge in [0.15, 0.2) is 21.3 Å². The first-order chi connectivity index (χ1) is 13.9. The van der Waals surface area contributed by atoms with E-state index in [-0.39, 0.29) is 17.3 Å². The Morgan fingerprint density at radius 2 is 1.97 bits per heavy atom. The number of carbonyl (C=O) groups excluding carboxylic acids is 2. The topological polar surface area (TPSA) is 124 Å². The van der Waals surface area contributed by atoms with Crippen LogP contribution in [-0.4, -0.2) is 50.1 Å². The van der Waals surface area contributed by atoms with Gasteiger partial charge in [-0.2, -0.15) is 5.10 Å². The van der Waals surface area contributed by atoms with E-state index in [1.54, 1.807) is 18.2 Å². The van der Waals surface area contributed by atoms with Crippen LogP contribution in [0.3, 0.4) is 0 Å². The fourth-order valence-corrected chi connectivity index (χ4v) is 4.50. The molecule has 29 heavy (non-hydrogen) atoms. The van der Waals surface area contributed by atoms with Crippen molar-refractivity contribution in [3.8, 4) is 11.5 Å². The minimum Gasteiger partial charge on any atom is -0.493 e. The number of hydrazone groups is 1. The molecule has 0 unspecified atom stereocenters. The van der Waals surface area contributed by atoms with E-state index < -0.39 is 27.6 Å². The number of esters is 1. The third kappa shape index (κ3) is 5.38. The van der Waals surface area contributed by atoms with Gasteiger partial charge in [0.05, 0.1) is 36.3 Å². The van der Waals surface area contributed by atoms with Crippen molar-refractivity contribution in [2.75, 3.05) is 18.6 Å². The van der Waals surface area contributed by atoms with Gasteiger partial charge in [0.2, 0.25) is 5.91 Å². The van der Waals surface area contributed by atoms with Crippen molar-refractivity contribution in [3.05, 3.63) is 53.9 Å². The molecule has 1 amide bonds. The van der Waals surface area contributed by atoms with Crippen LogP contribution >= 0.6 is 0 Å². The lowest BCUT2D eigenvalue weighted by atomic mass is 10.1. The average Bonchev–Trinajstić information content (AvgIpc) is 3.09. The van der Waals surface area contributed by atoms with Crippen LogP contribution < -0.4 is 14.9 Å². The molecule has 10 heteroatoms. The number of nitrogens with one attached hydrogen (secondary N) is 1. The van der Waals surface area contributed by atoms with Gasteiger partial charge in [-0.15, -0.1) is 0 Å². The Bertz CT molecular complexity index is 1040. The average molecular weight is 417 g/mol. The first-order valence-corrected chi connectivity index (χ1v) is 10.5. The maximum absolute atomic E-state index is 12.2. The predicted molar refractivity (Wildman–Crippen MR) is 105 cm³/mol. The Morgan fingerprint density at radius 3 is 2.62 bits per heavy atom. The molecule has 9 nitrogen and oxygen atoms in total. The summed E-state index contributed by atoms with van der Waals surface area (Å²) in [5, 5.41) is 3.86. The summed E-state index contributed by atoms with van der Waals surface area (Å²) >= 11 is 0. The fraction of sp³-hybridized carbons (Fsp3) is 0.263. The van der Waals surface area contributed by atoms with Gasteiger partial charge >= 0.3 is 5.97 Å². The Balaban J connectivity index is 1.63. The summed E-state index contributed by atoms with van der Waals surface area (Å²) in [6.07, 6.45) is 4.67. The zero-order valence-electron chi connectivity index (χ0n) is 15.6. The molecule has 0 spiro atoms. The second kappa shape index (κ2) is 8.82. The van der Waals surface area contributed by atoms with Crippen LogP contribution in [0.25, 0.3) is 0 Å². The van der Waals surface area contributed by atoms with Crippen LogP contribution in [0.2, 0.25) is 0 Å². The molecule has 1 fully saturated rings. The molecule has 1 aromatic carbocycles. The van der Waals surface area contributed by atoms with Crippen molar-refractivity contribution in [3.63, 3.8) is 0 Å². The summed E-state index contributed by atoms with van der Waals surface area (Å²) in [5.74, 6) is -1.16. The predicted octanol–water partition coefficient (Wildman–Crippen LogP) is 1.19. The normalized spacial score (nSPS) is 17.8. The van der Waals surface area contributed by atoms with Gasteiger partial charge in [-0.3, -0.25) is 9.78 Å². The highest BCUT2D eigenvalue weighted by Gasteiger charge is 2.32. The van der Waals surface area contributed by atoms with Crippen molar-refractivity contribution in [1.82, 2.24) is 10.4 Å². The SMILES string of the molecule is COc1cc(/C=N\NC(=O)[C@H]2CCS(=O)(=O)C2)ccc1OC(=O)c1ccncc1. The molecule has 1 aliphatic heterocycles. The van der Waals surface area contributed by atoms with E-state index >= 15 is 0 Å². The fourth-order valence-electron chi connectivity index (χ4n) is 2.76. The summed E-state index contributed by atoms with van der Waals surface area (Å²) in [5.41, 5.74) is 3.29. The van der Waals surface area contributed by atoms with E-state index in [4.69, 9.17) is 9.47 Å². The van der Waals surface area contributed by atoms with Gasteiger partial charge in [0.1, 0.15) is 0 Å². The first-order valence-electron chi connectivity index (χ1n) is 8.71. The Kier molecular flexibility index (Phi) is 6.23. The third-order valence-electron chi connectivity index (χ3n) is 4.30. The lowest BCUT2D eigenvalue weighted by Gasteiger charge is -2.10. The molecule has 1 N–H and O–H groups in total. The summed E-state index contributed by atoms with van der Waals surface area (Å²) in [4.78, 5) is 28.0. The summed E-state index contributed by atoms with van der Waals surface area (Å²) in [6, 6.07) is 7.84. The molecule has 3 rings (SSSR count). The lowest BCUT2D eigenvalue weighted by Crippen LogP contribution is -2.27. The minimum absolute atomic E-state index is 0.0195. The molecule has 2 aromatic rings. The highest BCUT2D eigenvalue weighted by Crippen LogP contribution is 2.28. The number of amides is 1. The number of benzene rings is 1. The maximum atomic E-state index is 12.2. The summed E-state index contributed by atoms with van der Waals surface area (Å²) in [6.45, 7) is 0. The first kappa shape index (κ1) is 20.5. The molecule has 1 atom stereocenters. The lowest BCUT2D eigenvalue weighted by molar-refractivity contribution is -0.124. The molecule has 1 aliphatic rings. The van der Waals surface area contributed by atoms with Crippen LogP contribution in [-0.2, 0) is 14.6 Å². The zero-order chi connectivity index (χ0) is 20.9. The van der Waals surface area contributed by atoms with Gasteiger partial charge in [-0.25, -0.2) is 18.6 Å². The van der Waals surface area contributed by atoms with Crippen LogP contribution in [0.15, 0.2) is 47.8 Å². The molecule has 2 heterocycles. The number of aromatic nitrogens is 1. The van der Waals surface area contributed by atoms with Crippen molar-refractivity contribution >= 4 is 27.9 Å². The van der Waals surface area contributed by atoms with Crippen LogP contribution in [0, 0.1) is 5.92 Å². The Labute approximate surface area is 167 Å². The van der Waals surface area contributed by atoms with E-state index in [0.29, 0.717) is 23.3 Å². The number of ether oxygens (including phenoxy) is 2. The Morgan fingerprint density at radius 1 is 1.21 bits per heavy atom. The smallest absolute Gasteiger partial charge is 0.343 e. The van der Waals surface area contributed by atoms with E-state index in [2.05, 4.69) is 15.5 Å². The van der Waals surface area contributed by atoms with Gasteiger partial charge in [-0.1, -0.05) is 0 Å². The molecule has 0 saturated carbocycles. The van der Waals surface area contributed by atoms with Crippen LogP contribution in [0.4, 0.5) is 0 Å². The van der Waals surface area contributed by atoms with Crippen molar-refractivity contribution in [1.29, 1.82) is 0 Å².